The number of hydrogen-bond donors (Lipinski definition) is 2. The molecule has 0 amide bonds. The van der Waals surface area contributed by atoms with Crippen LogP contribution in [0.15, 0.2) is 30.3 Å². The Morgan fingerprint density at radius 1 is 1.35 bits per heavy atom. The summed E-state index contributed by atoms with van der Waals surface area (Å²) in [5.74, 6) is 0.480. The molecule has 2 aliphatic carbocycles. The summed E-state index contributed by atoms with van der Waals surface area (Å²) < 4.78 is 5.75. The zero-order valence-corrected chi connectivity index (χ0v) is 9.88. The maximum absolute atomic E-state index is 10.00. The third-order valence-electron chi connectivity index (χ3n) is 4.34. The summed E-state index contributed by atoms with van der Waals surface area (Å²) in [5, 5.41) is 10.00. The smallest absolute Gasteiger partial charge is 0.0717 e. The Bertz CT molecular complexity index is 390. The van der Waals surface area contributed by atoms with E-state index >= 15 is 0 Å². The van der Waals surface area contributed by atoms with Crippen molar-refractivity contribution in [1.82, 2.24) is 0 Å². The highest BCUT2D eigenvalue weighted by atomic mass is 16.5. The van der Waals surface area contributed by atoms with Crippen LogP contribution in [0.4, 0.5) is 0 Å². The van der Waals surface area contributed by atoms with Gasteiger partial charge in [-0.3, -0.25) is 0 Å². The van der Waals surface area contributed by atoms with Crippen molar-refractivity contribution in [1.29, 1.82) is 0 Å². The number of ether oxygens (including phenoxy) is 1. The Hall–Kier alpha value is -0.900. The van der Waals surface area contributed by atoms with E-state index in [9.17, 15) is 5.11 Å². The van der Waals surface area contributed by atoms with Crippen molar-refractivity contribution in [2.45, 2.75) is 31.6 Å². The van der Waals surface area contributed by atoms with Crippen molar-refractivity contribution in [3.63, 3.8) is 0 Å². The van der Waals surface area contributed by atoms with Gasteiger partial charge < -0.3 is 15.6 Å². The van der Waals surface area contributed by atoms with Crippen LogP contribution in [0.5, 0.6) is 0 Å². The van der Waals surface area contributed by atoms with Gasteiger partial charge in [-0.25, -0.2) is 0 Å². The van der Waals surface area contributed by atoms with Crippen molar-refractivity contribution in [2.75, 3.05) is 6.61 Å². The Morgan fingerprint density at radius 2 is 2.12 bits per heavy atom. The summed E-state index contributed by atoms with van der Waals surface area (Å²) in [6.07, 6.45) is 1.50. The molecule has 0 radical (unpaired) electrons. The van der Waals surface area contributed by atoms with E-state index in [1.165, 1.54) is 5.56 Å². The lowest BCUT2D eigenvalue weighted by atomic mass is 10.0. The van der Waals surface area contributed by atoms with Crippen molar-refractivity contribution >= 4 is 0 Å². The van der Waals surface area contributed by atoms with Crippen LogP contribution in [0.1, 0.15) is 18.4 Å². The summed E-state index contributed by atoms with van der Waals surface area (Å²) in [7, 11) is 0. The summed E-state index contributed by atoms with van der Waals surface area (Å²) >= 11 is 0. The van der Waals surface area contributed by atoms with Crippen LogP contribution in [-0.4, -0.2) is 23.9 Å². The average Bonchev–Trinajstić information content (AvgIpc) is 3.01. The van der Waals surface area contributed by atoms with Gasteiger partial charge in [-0.05, 0) is 24.3 Å². The zero-order chi connectivity index (χ0) is 11.9. The highest BCUT2D eigenvalue weighted by Crippen LogP contribution is 2.62. The lowest BCUT2D eigenvalue weighted by Gasteiger charge is -2.18. The van der Waals surface area contributed by atoms with Gasteiger partial charge in [-0.2, -0.15) is 0 Å². The fraction of sp³-hybridized carbons (Fsp3) is 0.571. The Kier molecular flexibility index (Phi) is 2.69. The monoisotopic (exact) mass is 233 g/mol. The van der Waals surface area contributed by atoms with E-state index in [2.05, 4.69) is 12.1 Å². The van der Waals surface area contributed by atoms with Gasteiger partial charge in [0.15, 0.2) is 0 Å². The van der Waals surface area contributed by atoms with Crippen LogP contribution >= 0.6 is 0 Å². The van der Waals surface area contributed by atoms with Crippen LogP contribution in [0.2, 0.25) is 0 Å². The number of nitrogens with two attached hydrogens (primary N) is 1. The summed E-state index contributed by atoms with van der Waals surface area (Å²) in [6.45, 7) is 1.26. The van der Waals surface area contributed by atoms with Crippen LogP contribution in [0, 0.1) is 11.3 Å². The molecule has 1 aromatic carbocycles. The molecule has 2 saturated carbocycles. The molecule has 0 heterocycles. The maximum atomic E-state index is 10.00. The molecule has 2 aliphatic rings. The van der Waals surface area contributed by atoms with Gasteiger partial charge >= 0.3 is 0 Å². The minimum Gasteiger partial charge on any atom is -0.392 e. The molecule has 0 aromatic heterocycles. The van der Waals surface area contributed by atoms with E-state index in [1.54, 1.807) is 0 Å². The van der Waals surface area contributed by atoms with Gasteiger partial charge in [0.1, 0.15) is 0 Å². The molecule has 4 atom stereocenters. The van der Waals surface area contributed by atoms with Gasteiger partial charge in [0, 0.05) is 11.5 Å². The second-order valence-corrected chi connectivity index (χ2v) is 5.44. The SMILES string of the molecule is N[C@H]1C[C@H](O)[C@]2(COCc3ccccc3)C[C@H]12. The summed E-state index contributed by atoms with van der Waals surface area (Å²) in [5.41, 5.74) is 7.12. The van der Waals surface area contributed by atoms with Gasteiger partial charge in [0.25, 0.3) is 0 Å². The molecule has 3 heteroatoms. The predicted molar refractivity (Wildman–Crippen MR) is 65.2 cm³/mol. The molecule has 92 valence electrons. The molecule has 3 nitrogen and oxygen atoms in total. The topological polar surface area (TPSA) is 55.5 Å². The molecule has 17 heavy (non-hydrogen) atoms. The maximum Gasteiger partial charge on any atom is 0.0717 e. The lowest BCUT2D eigenvalue weighted by molar-refractivity contribution is 0.0135. The highest BCUT2D eigenvalue weighted by molar-refractivity contribution is 5.17. The third kappa shape index (κ3) is 1.88. The van der Waals surface area contributed by atoms with Gasteiger partial charge in [0.2, 0.25) is 0 Å². The first kappa shape index (κ1) is 11.2. The zero-order valence-electron chi connectivity index (χ0n) is 9.88. The van der Waals surface area contributed by atoms with Crippen LogP contribution in [0.25, 0.3) is 0 Å². The van der Waals surface area contributed by atoms with Gasteiger partial charge in [-0.1, -0.05) is 30.3 Å². The van der Waals surface area contributed by atoms with E-state index in [0.717, 1.165) is 12.8 Å². The van der Waals surface area contributed by atoms with Crippen molar-refractivity contribution < 1.29 is 9.84 Å². The van der Waals surface area contributed by atoms with Crippen molar-refractivity contribution in [3.8, 4) is 0 Å². The Labute approximate surface area is 102 Å². The molecule has 1 aromatic rings. The number of rotatable bonds is 4. The molecule has 2 fully saturated rings. The summed E-state index contributed by atoms with van der Waals surface area (Å²) in [6, 6.07) is 10.3. The number of benzene rings is 1. The second kappa shape index (κ2) is 4.09. The van der Waals surface area contributed by atoms with Crippen molar-refractivity contribution in [3.05, 3.63) is 35.9 Å². The van der Waals surface area contributed by atoms with Gasteiger partial charge in [0.05, 0.1) is 19.3 Å². The standard InChI is InChI=1S/C14H19NO2/c15-12-6-13(16)14(7-11(12)14)9-17-8-10-4-2-1-3-5-10/h1-5,11-13,16H,6-9,15H2/t11-,12+,13+,14+/m1/s1. The first-order valence-corrected chi connectivity index (χ1v) is 6.28. The molecule has 0 aliphatic heterocycles. The molecule has 3 rings (SSSR count). The quantitative estimate of drug-likeness (QED) is 0.824. The second-order valence-electron chi connectivity index (χ2n) is 5.44. The molecule has 0 bridgehead atoms. The third-order valence-corrected chi connectivity index (χ3v) is 4.34. The van der Waals surface area contributed by atoms with Gasteiger partial charge in [-0.15, -0.1) is 0 Å². The number of aliphatic hydroxyl groups excluding tert-OH is 1. The molecule has 0 spiro atoms. The normalized spacial score (nSPS) is 39.1. The average molecular weight is 233 g/mol. The highest BCUT2D eigenvalue weighted by Gasteiger charge is 2.66. The minimum absolute atomic E-state index is 0.0196. The Morgan fingerprint density at radius 3 is 2.71 bits per heavy atom. The number of hydrogen-bond acceptors (Lipinski definition) is 3. The predicted octanol–water partition coefficient (Wildman–Crippen LogP) is 1.30. The van der Waals surface area contributed by atoms with Crippen LogP contribution < -0.4 is 5.73 Å². The number of aliphatic hydroxyl groups is 1. The largest absolute Gasteiger partial charge is 0.392 e. The van der Waals surface area contributed by atoms with E-state index < -0.39 is 0 Å². The molecule has 0 unspecified atom stereocenters. The van der Waals surface area contributed by atoms with Crippen LogP contribution in [-0.2, 0) is 11.3 Å². The first-order chi connectivity index (χ1) is 8.22. The summed E-state index contributed by atoms with van der Waals surface area (Å²) in [4.78, 5) is 0. The fourth-order valence-electron chi connectivity index (χ4n) is 3.16. The minimum atomic E-state index is -0.265. The van der Waals surface area contributed by atoms with E-state index in [0.29, 0.717) is 19.1 Å². The van der Waals surface area contributed by atoms with Crippen molar-refractivity contribution in [2.24, 2.45) is 17.1 Å². The number of fused-ring (bicyclic) bond motifs is 1. The van der Waals surface area contributed by atoms with Crippen LogP contribution in [0.3, 0.4) is 0 Å². The Balaban J connectivity index is 1.53. The van der Waals surface area contributed by atoms with E-state index in [-0.39, 0.29) is 17.6 Å². The fourth-order valence-corrected chi connectivity index (χ4v) is 3.16. The molecular formula is C14H19NO2. The lowest BCUT2D eigenvalue weighted by Crippen LogP contribution is -2.25. The molecule has 0 saturated heterocycles. The van der Waals surface area contributed by atoms with E-state index in [4.69, 9.17) is 10.5 Å². The molecular weight excluding hydrogens is 214 g/mol. The first-order valence-electron chi connectivity index (χ1n) is 6.28. The molecule has 3 N–H and O–H groups in total. The van der Waals surface area contributed by atoms with E-state index in [1.807, 2.05) is 18.2 Å².